The Morgan fingerprint density at radius 1 is 1.30 bits per heavy atom. The van der Waals surface area contributed by atoms with Gasteiger partial charge in [-0.15, -0.1) is 0 Å². The third kappa shape index (κ3) is 6.39. The number of ketones is 1. The Morgan fingerprint density at radius 2 is 1.95 bits per heavy atom. The third-order valence-corrected chi connectivity index (χ3v) is 4.18. The van der Waals surface area contributed by atoms with Crippen molar-refractivity contribution in [3.8, 4) is 5.75 Å². The van der Waals surface area contributed by atoms with E-state index in [4.69, 9.17) is 15.4 Å². The second-order valence-corrected chi connectivity index (χ2v) is 7.72. The molecule has 4 nitrogen and oxygen atoms in total. The van der Waals surface area contributed by atoms with Crippen LogP contribution < -0.4 is 4.74 Å². The first-order valence-corrected chi connectivity index (χ1v) is 8.92. The molecule has 1 atom stereocenters. The van der Waals surface area contributed by atoms with Crippen LogP contribution in [-0.2, 0) is 9.05 Å². The molecule has 112 valence electrons. The van der Waals surface area contributed by atoms with Crippen LogP contribution in [0.2, 0.25) is 0 Å². The topological polar surface area (TPSA) is 60.4 Å². The maximum Gasteiger partial charge on any atom is 0.232 e. The van der Waals surface area contributed by atoms with Gasteiger partial charge < -0.3 is 4.74 Å². The van der Waals surface area contributed by atoms with Crippen LogP contribution in [0, 0.1) is 5.92 Å². The maximum atomic E-state index is 11.4. The molecule has 0 aliphatic carbocycles. The van der Waals surface area contributed by atoms with Gasteiger partial charge in [-0.25, -0.2) is 8.42 Å². The molecule has 0 spiro atoms. The van der Waals surface area contributed by atoms with Crippen LogP contribution in [0.3, 0.4) is 0 Å². The molecule has 0 saturated heterocycles. The van der Waals surface area contributed by atoms with Crippen molar-refractivity contribution in [3.05, 3.63) is 29.8 Å². The largest absolute Gasteiger partial charge is 0.493 e. The fourth-order valence-corrected chi connectivity index (χ4v) is 2.69. The average Bonchev–Trinajstić information content (AvgIpc) is 2.36. The van der Waals surface area contributed by atoms with E-state index in [9.17, 15) is 13.2 Å². The van der Waals surface area contributed by atoms with E-state index in [-0.39, 0.29) is 17.5 Å². The molecule has 0 N–H and O–H groups in total. The van der Waals surface area contributed by atoms with Gasteiger partial charge in [0, 0.05) is 10.7 Å². The number of Topliss-reactive ketones (excluding diaryl/α,β-unsaturated/α-hetero) is 1. The highest BCUT2D eigenvalue weighted by molar-refractivity contribution is 8.13. The first-order chi connectivity index (χ1) is 9.29. The van der Waals surface area contributed by atoms with Crippen LogP contribution in [0.4, 0.5) is 0 Å². The van der Waals surface area contributed by atoms with Crippen LogP contribution >= 0.6 is 10.7 Å². The number of hydrogen-bond donors (Lipinski definition) is 0. The molecule has 1 aromatic rings. The summed E-state index contributed by atoms with van der Waals surface area (Å²) in [6.45, 7) is 3.88. The lowest BCUT2D eigenvalue weighted by Crippen LogP contribution is -2.09. The smallest absolute Gasteiger partial charge is 0.232 e. The molecular weight excluding hydrogens is 300 g/mol. The van der Waals surface area contributed by atoms with Gasteiger partial charge in [0.15, 0.2) is 5.78 Å². The summed E-state index contributed by atoms with van der Waals surface area (Å²) in [5.41, 5.74) is 0.559. The Morgan fingerprint density at radius 3 is 2.55 bits per heavy atom. The Hall–Kier alpha value is -1.07. The van der Waals surface area contributed by atoms with Gasteiger partial charge in [-0.05, 0) is 37.8 Å². The molecule has 0 amide bonds. The third-order valence-electron chi connectivity index (χ3n) is 2.99. The maximum absolute atomic E-state index is 11.4. The van der Waals surface area contributed by atoms with Crippen molar-refractivity contribution in [3.63, 3.8) is 0 Å². The van der Waals surface area contributed by atoms with E-state index in [2.05, 4.69) is 0 Å². The van der Waals surface area contributed by atoms with E-state index >= 15 is 0 Å². The standard InChI is InChI=1S/C14H19ClO4S/c1-11(8-10-20(15,17)18)7-9-19-14-6-4-3-5-13(14)12(2)16/h3-6,11H,7-10H2,1-2H3. The minimum absolute atomic E-state index is 0.0280. The number of hydrogen-bond acceptors (Lipinski definition) is 4. The molecule has 0 aliphatic heterocycles. The molecule has 0 bridgehead atoms. The number of halogens is 1. The predicted octanol–water partition coefficient (Wildman–Crippen LogP) is 3.25. The van der Waals surface area contributed by atoms with Crippen LogP contribution in [0.15, 0.2) is 24.3 Å². The Labute approximate surface area is 124 Å². The molecule has 0 fully saturated rings. The quantitative estimate of drug-likeness (QED) is 0.545. The number of para-hydroxylation sites is 1. The lowest BCUT2D eigenvalue weighted by Gasteiger charge is -2.13. The van der Waals surface area contributed by atoms with E-state index in [0.717, 1.165) is 0 Å². The number of rotatable bonds is 8. The summed E-state index contributed by atoms with van der Waals surface area (Å²) in [7, 11) is 1.74. The van der Waals surface area contributed by atoms with Gasteiger partial charge in [-0.3, -0.25) is 4.79 Å². The van der Waals surface area contributed by atoms with Gasteiger partial charge >= 0.3 is 0 Å². The molecular formula is C14H19ClO4S. The molecule has 6 heteroatoms. The summed E-state index contributed by atoms with van der Waals surface area (Å²) >= 11 is 0. The second kappa shape index (κ2) is 7.64. The van der Waals surface area contributed by atoms with Gasteiger partial charge in [0.25, 0.3) is 0 Å². The van der Waals surface area contributed by atoms with Crippen molar-refractivity contribution in [1.82, 2.24) is 0 Å². The Bertz CT molecular complexity index is 554. The number of carbonyl (C=O) groups is 1. The van der Waals surface area contributed by atoms with E-state index in [1.54, 1.807) is 18.2 Å². The van der Waals surface area contributed by atoms with Gasteiger partial charge in [-0.2, -0.15) is 0 Å². The summed E-state index contributed by atoms with van der Waals surface area (Å²) in [5, 5.41) is 0. The molecule has 1 aromatic carbocycles. The van der Waals surface area contributed by atoms with Gasteiger partial charge in [0.2, 0.25) is 9.05 Å². The molecule has 0 aliphatic rings. The zero-order chi connectivity index (χ0) is 15.2. The first-order valence-electron chi connectivity index (χ1n) is 6.44. The van der Waals surface area contributed by atoms with Crippen molar-refractivity contribution >= 4 is 25.5 Å². The van der Waals surface area contributed by atoms with E-state index in [0.29, 0.717) is 30.8 Å². The van der Waals surface area contributed by atoms with Crippen molar-refractivity contribution in [2.45, 2.75) is 26.7 Å². The molecule has 0 aromatic heterocycles. The highest BCUT2D eigenvalue weighted by Gasteiger charge is 2.11. The first kappa shape index (κ1) is 17.0. The van der Waals surface area contributed by atoms with Gasteiger partial charge in [0.1, 0.15) is 5.75 Å². The zero-order valence-corrected chi connectivity index (χ0v) is 13.2. The highest BCUT2D eigenvalue weighted by Crippen LogP contribution is 2.19. The Balaban J connectivity index is 2.43. The normalized spacial score (nSPS) is 12.9. The van der Waals surface area contributed by atoms with Crippen molar-refractivity contribution in [2.75, 3.05) is 12.4 Å². The molecule has 1 rings (SSSR count). The number of ether oxygens (including phenoxy) is 1. The summed E-state index contributed by atoms with van der Waals surface area (Å²) in [6.07, 6.45) is 1.21. The lowest BCUT2D eigenvalue weighted by molar-refractivity contribution is 0.101. The Kier molecular flexibility index (Phi) is 6.49. The van der Waals surface area contributed by atoms with Crippen LogP contribution in [-0.4, -0.2) is 26.6 Å². The molecule has 20 heavy (non-hydrogen) atoms. The fourth-order valence-electron chi connectivity index (χ4n) is 1.74. The molecule has 1 unspecified atom stereocenters. The summed E-state index contributed by atoms with van der Waals surface area (Å²) in [6, 6.07) is 7.08. The molecule has 0 heterocycles. The SMILES string of the molecule is CC(=O)c1ccccc1OCCC(C)CCS(=O)(=O)Cl. The van der Waals surface area contributed by atoms with E-state index in [1.807, 2.05) is 13.0 Å². The van der Waals surface area contributed by atoms with Crippen LogP contribution in [0.5, 0.6) is 5.75 Å². The van der Waals surface area contributed by atoms with Crippen molar-refractivity contribution in [2.24, 2.45) is 5.92 Å². The van der Waals surface area contributed by atoms with Crippen LogP contribution in [0.25, 0.3) is 0 Å². The van der Waals surface area contributed by atoms with E-state index < -0.39 is 9.05 Å². The molecule has 0 saturated carbocycles. The average molecular weight is 319 g/mol. The lowest BCUT2D eigenvalue weighted by atomic mass is 10.1. The van der Waals surface area contributed by atoms with Gasteiger partial charge in [-0.1, -0.05) is 19.1 Å². The van der Waals surface area contributed by atoms with E-state index in [1.165, 1.54) is 6.92 Å². The number of carbonyl (C=O) groups excluding carboxylic acids is 1. The predicted molar refractivity (Wildman–Crippen MR) is 80.0 cm³/mol. The summed E-state index contributed by atoms with van der Waals surface area (Å²) in [4.78, 5) is 11.4. The monoisotopic (exact) mass is 318 g/mol. The second-order valence-electron chi connectivity index (χ2n) is 4.83. The summed E-state index contributed by atoms with van der Waals surface area (Å²) < 4.78 is 27.3. The fraction of sp³-hybridized carbons (Fsp3) is 0.500. The van der Waals surface area contributed by atoms with Crippen molar-refractivity contribution < 1.29 is 17.9 Å². The minimum atomic E-state index is -3.43. The summed E-state index contributed by atoms with van der Waals surface area (Å²) in [5.74, 6) is 0.687. The molecule has 0 radical (unpaired) electrons. The minimum Gasteiger partial charge on any atom is -0.493 e. The highest BCUT2D eigenvalue weighted by atomic mass is 35.7. The van der Waals surface area contributed by atoms with Crippen molar-refractivity contribution in [1.29, 1.82) is 0 Å². The van der Waals surface area contributed by atoms with Gasteiger partial charge in [0.05, 0.1) is 17.9 Å². The zero-order valence-electron chi connectivity index (χ0n) is 11.6. The number of benzene rings is 1. The van der Waals surface area contributed by atoms with Crippen LogP contribution in [0.1, 0.15) is 37.0 Å².